The number of nitrogens with zero attached hydrogens (tertiary/aromatic N) is 1. The molecule has 1 aliphatic rings. The van der Waals surface area contributed by atoms with Gasteiger partial charge < -0.3 is 4.90 Å². The van der Waals surface area contributed by atoms with Crippen LogP contribution in [0.15, 0.2) is 41.3 Å². The normalized spacial score (nSPS) is 16.5. The molecule has 1 N–H and O–H groups in total. The summed E-state index contributed by atoms with van der Waals surface area (Å²) in [6, 6.07) is 9.81. The van der Waals surface area contributed by atoms with Crippen LogP contribution in [-0.4, -0.2) is 25.3 Å². The number of sulfonamides is 1. The van der Waals surface area contributed by atoms with E-state index in [2.05, 4.69) is 4.72 Å². The van der Waals surface area contributed by atoms with Crippen molar-refractivity contribution in [2.75, 3.05) is 0 Å². The first kappa shape index (κ1) is 21.1. The highest BCUT2D eigenvalue weighted by Crippen LogP contribution is 2.38. The van der Waals surface area contributed by atoms with Gasteiger partial charge in [-0.2, -0.15) is 0 Å². The van der Waals surface area contributed by atoms with Gasteiger partial charge in [-0.25, -0.2) is 13.1 Å². The molecule has 2 aromatic rings. The maximum absolute atomic E-state index is 13.0. The Morgan fingerprint density at radius 1 is 1.18 bits per heavy atom. The molecule has 1 atom stereocenters. The van der Waals surface area contributed by atoms with Crippen molar-refractivity contribution in [1.82, 2.24) is 9.62 Å². The number of carbonyl (C=O) groups excluding carboxylic acids is 1. The number of amides is 1. The summed E-state index contributed by atoms with van der Waals surface area (Å²) in [7, 11) is -3.66. The Bertz CT molecular complexity index is 1000. The topological polar surface area (TPSA) is 66.5 Å². The van der Waals surface area contributed by atoms with E-state index in [1.807, 2.05) is 13.0 Å². The Morgan fingerprint density at radius 2 is 1.79 bits per heavy atom. The summed E-state index contributed by atoms with van der Waals surface area (Å²) in [5.74, 6) is -0.154. The zero-order valence-corrected chi connectivity index (χ0v) is 18.2. The Kier molecular flexibility index (Phi) is 6.05. The first-order valence-electron chi connectivity index (χ1n) is 8.98. The molecular formula is C20H22Cl2N2O3S. The van der Waals surface area contributed by atoms with Crippen LogP contribution in [0.3, 0.4) is 0 Å². The number of rotatable bonds is 5. The van der Waals surface area contributed by atoms with Crippen LogP contribution in [0, 0.1) is 0 Å². The fourth-order valence-corrected chi connectivity index (χ4v) is 5.55. The van der Waals surface area contributed by atoms with Gasteiger partial charge in [0.05, 0.1) is 17.4 Å². The minimum absolute atomic E-state index is 0.0587. The molecule has 5 nitrogen and oxygen atoms in total. The van der Waals surface area contributed by atoms with Gasteiger partial charge in [0.1, 0.15) is 0 Å². The molecule has 0 aromatic heterocycles. The lowest BCUT2D eigenvalue weighted by Crippen LogP contribution is -2.31. The number of benzene rings is 2. The van der Waals surface area contributed by atoms with Gasteiger partial charge in [-0.3, -0.25) is 4.79 Å². The SMILES string of the molecule is CC(C)NS(=O)(=O)c1cccc2c1CN(C(=O)Cc1c(Cl)cccc1Cl)[C@H]2C. The van der Waals surface area contributed by atoms with E-state index in [0.29, 0.717) is 21.2 Å². The van der Waals surface area contributed by atoms with Crippen LogP contribution in [0.4, 0.5) is 0 Å². The maximum atomic E-state index is 13.0. The van der Waals surface area contributed by atoms with Crippen molar-refractivity contribution in [2.45, 2.75) is 50.7 Å². The van der Waals surface area contributed by atoms with Crippen molar-refractivity contribution in [1.29, 1.82) is 0 Å². The summed E-state index contributed by atoms with van der Waals surface area (Å²) >= 11 is 12.4. The molecule has 0 aliphatic carbocycles. The van der Waals surface area contributed by atoms with Crippen LogP contribution < -0.4 is 4.72 Å². The van der Waals surface area contributed by atoms with Crippen molar-refractivity contribution in [3.05, 3.63) is 63.1 Å². The molecule has 1 amide bonds. The average Bonchev–Trinajstić information content (AvgIpc) is 2.94. The van der Waals surface area contributed by atoms with Crippen LogP contribution in [0.5, 0.6) is 0 Å². The lowest BCUT2D eigenvalue weighted by atomic mass is 10.1. The van der Waals surface area contributed by atoms with Gasteiger partial charge in [0.15, 0.2) is 0 Å². The van der Waals surface area contributed by atoms with E-state index >= 15 is 0 Å². The number of fused-ring (bicyclic) bond motifs is 1. The highest BCUT2D eigenvalue weighted by atomic mass is 35.5. The number of hydrogen-bond acceptors (Lipinski definition) is 3. The molecule has 3 rings (SSSR count). The summed E-state index contributed by atoms with van der Waals surface area (Å²) in [6.45, 7) is 5.66. The van der Waals surface area contributed by atoms with Gasteiger partial charge in [0, 0.05) is 22.6 Å². The van der Waals surface area contributed by atoms with Gasteiger partial charge in [-0.15, -0.1) is 0 Å². The Balaban J connectivity index is 1.91. The number of halogens is 2. The summed E-state index contributed by atoms with van der Waals surface area (Å²) in [5, 5.41) is 0.879. The van der Waals surface area contributed by atoms with Gasteiger partial charge in [-0.05, 0) is 55.7 Å². The lowest BCUT2D eigenvalue weighted by Gasteiger charge is -2.22. The van der Waals surface area contributed by atoms with Gasteiger partial charge in [0.2, 0.25) is 15.9 Å². The maximum Gasteiger partial charge on any atom is 0.241 e. The Hall–Kier alpha value is -1.60. The Morgan fingerprint density at radius 3 is 2.39 bits per heavy atom. The molecule has 28 heavy (non-hydrogen) atoms. The third kappa shape index (κ3) is 4.06. The van der Waals surface area contributed by atoms with Crippen LogP contribution in [0.1, 0.15) is 43.5 Å². The zero-order valence-electron chi connectivity index (χ0n) is 15.9. The number of hydrogen-bond donors (Lipinski definition) is 1. The summed E-state index contributed by atoms with van der Waals surface area (Å²) in [6.07, 6.45) is 0.0587. The van der Waals surface area contributed by atoms with Gasteiger partial charge >= 0.3 is 0 Å². The summed E-state index contributed by atoms with van der Waals surface area (Å²) < 4.78 is 28.0. The van der Waals surface area contributed by atoms with E-state index < -0.39 is 10.0 Å². The van der Waals surface area contributed by atoms with E-state index in [4.69, 9.17) is 23.2 Å². The fraction of sp³-hybridized carbons (Fsp3) is 0.350. The molecule has 0 saturated carbocycles. The molecule has 2 aromatic carbocycles. The highest BCUT2D eigenvalue weighted by molar-refractivity contribution is 7.89. The highest BCUT2D eigenvalue weighted by Gasteiger charge is 2.35. The first-order chi connectivity index (χ1) is 13.1. The van der Waals surface area contributed by atoms with Gasteiger partial charge in [-0.1, -0.05) is 41.4 Å². The summed E-state index contributed by atoms with van der Waals surface area (Å²) in [5.41, 5.74) is 2.07. The second-order valence-electron chi connectivity index (χ2n) is 7.17. The molecular weight excluding hydrogens is 419 g/mol. The third-order valence-electron chi connectivity index (χ3n) is 4.81. The molecule has 1 heterocycles. The van der Waals surface area contributed by atoms with Crippen LogP contribution in [0.25, 0.3) is 0 Å². The van der Waals surface area contributed by atoms with E-state index in [1.54, 1.807) is 49.1 Å². The molecule has 0 spiro atoms. The zero-order chi connectivity index (χ0) is 20.6. The van der Waals surface area contributed by atoms with Crippen LogP contribution in [0.2, 0.25) is 10.0 Å². The molecule has 1 aliphatic heterocycles. The first-order valence-corrected chi connectivity index (χ1v) is 11.2. The van der Waals surface area contributed by atoms with Crippen molar-refractivity contribution in [3.63, 3.8) is 0 Å². The molecule has 150 valence electrons. The summed E-state index contributed by atoms with van der Waals surface area (Å²) in [4.78, 5) is 14.9. The predicted molar refractivity (Wildman–Crippen MR) is 111 cm³/mol. The quantitative estimate of drug-likeness (QED) is 0.752. The fourth-order valence-electron chi connectivity index (χ4n) is 3.50. The molecule has 8 heteroatoms. The largest absolute Gasteiger partial charge is 0.331 e. The Labute approximate surface area is 175 Å². The standard InChI is InChI=1S/C20H22Cl2N2O3S/c1-12(2)23-28(26,27)19-9-4-6-14-13(3)24(11-16(14)19)20(25)10-15-17(21)7-5-8-18(15)22/h4-9,12-13,23H,10-11H2,1-3H3/t13-/m0/s1. The van der Waals surface area contributed by atoms with E-state index in [9.17, 15) is 13.2 Å². The van der Waals surface area contributed by atoms with E-state index in [0.717, 1.165) is 5.56 Å². The smallest absolute Gasteiger partial charge is 0.241 e. The monoisotopic (exact) mass is 440 g/mol. The number of nitrogens with one attached hydrogen (secondary N) is 1. The molecule has 0 unspecified atom stereocenters. The second-order valence-corrected chi connectivity index (χ2v) is 9.67. The predicted octanol–water partition coefficient (Wildman–Crippen LogP) is 4.33. The molecule has 0 saturated heterocycles. The van der Waals surface area contributed by atoms with Crippen LogP contribution >= 0.6 is 23.2 Å². The minimum atomic E-state index is -3.66. The van der Waals surface area contributed by atoms with Crippen LogP contribution in [-0.2, 0) is 27.8 Å². The second kappa shape index (κ2) is 8.03. The van der Waals surface area contributed by atoms with Crippen molar-refractivity contribution in [2.24, 2.45) is 0 Å². The average molecular weight is 441 g/mol. The lowest BCUT2D eigenvalue weighted by molar-refractivity contribution is -0.132. The van der Waals surface area contributed by atoms with E-state index in [-0.39, 0.29) is 35.9 Å². The van der Waals surface area contributed by atoms with Crippen molar-refractivity contribution >= 4 is 39.1 Å². The molecule has 0 bridgehead atoms. The van der Waals surface area contributed by atoms with Crippen molar-refractivity contribution < 1.29 is 13.2 Å². The molecule has 0 fully saturated rings. The minimum Gasteiger partial charge on any atom is -0.331 e. The van der Waals surface area contributed by atoms with E-state index in [1.165, 1.54) is 0 Å². The molecule has 0 radical (unpaired) electrons. The van der Waals surface area contributed by atoms with Crippen molar-refractivity contribution in [3.8, 4) is 0 Å². The third-order valence-corrected chi connectivity index (χ3v) is 7.26. The van der Waals surface area contributed by atoms with Gasteiger partial charge in [0.25, 0.3) is 0 Å². The number of carbonyl (C=O) groups is 1.